The van der Waals surface area contributed by atoms with Crippen LogP contribution in [-0.4, -0.2) is 16.7 Å². The van der Waals surface area contributed by atoms with Gasteiger partial charge in [-0.3, -0.25) is 9.36 Å². The molecule has 0 spiro atoms. The van der Waals surface area contributed by atoms with Crippen molar-refractivity contribution in [3.63, 3.8) is 0 Å². The first-order valence-electron chi connectivity index (χ1n) is 8.87. The van der Waals surface area contributed by atoms with Gasteiger partial charge in [0, 0.05) is 10.4 Å². The van der Waals surface area contributed by atoms with Crippen LogP contribution < -0.4 is 16.0 Å². The zero-order chi connectivity index (χ0) is 21.4. The lowest BCUT2D eigenvalue weighted by atomic mass is 9.94. The second-order valence-corrected chi connectivity index (χ2v) is 7.79. The van der Waals surface area contributed by atoms with Crippen LogP contribution in [0.25, 0.3) is 27.0 Å². The maximum Gasteiger partial charge on any atom is 0.266 e. The SMILES string of the molecule is COc1ccc(-c2c(-n3cnc4sc(C)cc4c3=O)cc(C#N)c(N)c2C#N)cc1. The number of ether oxygens (including phenoxy) is 1. The molecule has 2 N–H and O–H groups in total. The Bertz CT molecular complexity index is 1440. The molecule has 4 aromatic rings. The van der Waals surface area contributed by atoms with E-state index in [2.05, 4.69) is 11.1 Å². The topological polar surface area (TPSA) is 118 Å². The molecule has 0 aliphatic heterocycles. The Labute approximate surface area is 175 Å². The molecule has 0 saturated carbocycles. The molecule has 0 bridgehead atoms. The summed E-state index contributed by atoms with van der Waals surface area (Å²) in [7, 11) is 1.56. The number of aromatic nitrogens is 2. The van der Waals surface area contributed by atoms with E-state index >= 15 is 0 Å². The third-order valence-electron chi connectivity index (χ3n) is 4.79. The monoisotopic (exact) mass is 413 g/mol. The smallest absolute Gasteiger partial charge is 0.266 e. The number of methoxy groups -OCH3 is 1. The van der Waals surface area contributed by atoms with E-state index in [0.717, 1.165) is 4.88 Å². The van der Waals surface area contributed by atoms with Gasteiger partial charge in [-0.1, -0.05) is 12.1 Å². The number of anilines is 1. The van der Waals surface area contributed by atoms with Crippen LogP contribution in [0.2, 0.25) is 0 Å². The van der Waals surface area contributed by atoms with Gasteiger partial charge < -0.3 is 10.5 Å². The van der Waals surface area contributed by atoms with Crippen molar-refractivity contribution in [1.82, 2.24) is 9.55 Å². The van der Waals surface area contributed by atoms with E-state index in [1.165, 1.54) is 28.3 Å². The van der Waals surface area contributed by atoms with Gasteiger partial charge in [-0.2, -0.15) is 10.5 Å². The number of benzene rings is 2. The largest absolute Gasteiger partial charge is 0.497 e. The third-order valence-corrected chi connectivity index (χ3v) is 5.75. The van der Waals surface area contributed by atoms with Crippen LogP contribution in [0.5, 0.6) is 5.75 Å². The van der Waals surface area contributed by atoms with E-state index in [-0.39, 0.29) is 22.4 Å². The Hall–Kier alpha value is -4.14. The molecule has 4 rings (SSSR count). The first kappa shape index (κ1) is 19.2. The van der Waals surface area contributed by atoms with Gasteiger partial charge in [0.15, 0.2) is 0 Å². The average Bonchev–Trinajstić information content (AvgIpc) is 3.15. The Morgan fingerprint density at radius 2 is 1.90 bits per heavy atom. The third kappa shape index (κ3) is 2.96. The Morgan fingerprint density at radius 1 is 1.17 bits per heavy atom. The van der Waals surface area contributed by atoms with Gasteiger partial charge >= 0.3 is 0 Å². The molecule has 2 aromatic heterocycles. The highest BCUT2D eigenvalue weighted by Crippen LogP contribution is 2.36. The number of hydrogen-bond acceptors (Lipinski definition) is 7. The summed E-state index contributed by atoms with van der Waals surface area (Å²) in [6.45, 7) is 1.91. The Morgan fingerprint density at radius 3 is 2.53 bits per heavy atom. The highest BCUT2D eigenvalue weighted by Gasteiger charge is 2.21. The van der Waals surface area contributed by atoms with E-state index in [1.807, 2.05) is 13.0 Å². The first-order chi connectivity index (χ1) is 14.5. The van der Waals surface area contributed by atoms with Crippen LogP contribution in [0.15, 0.2) is 47.5 Å². The lowest BCUT2D eigenvalue weighted by molar-refractivity contribution is 0.415. The fourth-order valence-electron chi connectivity index (χ4n) is 3.35. The van der Waals surface area contributed by atoms with Crippen LogP contribution in [0.3, 0.4) is 0 Å². The summed E-state index contributed by atoms with van der Waals surface area (Å²) in [5, 5.41) is 19.8. The minimum absolute atomic E-state index is 0.0723. The molecule has 8 heteroatoms. The molecule has 0 unspecified atom stereocenters. The lowest BCUT2D eigenvalue weighted by Crippen LogP contribution is -2.19. The molecule has 0 atom stereocenters. The Kier molecular flexibility index (Phi) is 4.71. The number of nitriles is 2. The number of hydrogen-bond donors (Lipinski definition) is 1. The Balaban J connectivity index is 2.11. The number of fused-ring (bicyclic) bond motifs is 1. The van der Waals surface area contributed by atoms with E-state index in [1.54, 1.807) is 37.4 Å². The number of nitrogens with two attached hydrogens (primary N) is 1. The van der Waals surface area contributed by atoms with Crippen LogP contribution >= 0.6 is 11.3 Å². The number of nitrogen functional groups attached to an aromatic ring is 1. The zero-order valence-electron chi connectivity index (χ0n) is 16.1. The molecule has 7 nitrogen and oxygen atoms in total. The van der Waals surface area contributed by atoms with Crippen molar-refractivity contribution in [3.8, 4) is 34.7 Å². The van der Waals surface area contributed by atoms with Gasteiger partial charge in [0.1, 0.15) is 29.0 Å². The number of thiophene rings is 1. The minimum Gasteiger partial charge on any atom is -0.497 e. The van der Waals surface area contributed by atoms with E-state index < -0.39 is 0 Å². The van der Waals surface area contributed by atoms with Crippen molar-refractivity contribution in [3.05, 3.63) is 69.1 Å². The lowest BCUT2D eigenvalue weighted by Gasteiger charge is -2.16. The van der Waals surface area contributed by atoms with Crippen molar-refractivity contribution in [1.29, 1.82) is 10.5 Å². The van der Waals surface area contributed by atoms with Crippen LogP contribution in [-0.2, 0) is 0 Å². The second kappa shape index (κ2) is 7.36. The number of aryl methyl sites for hydroxylation is 1. The first-order valence-corrected chi connectivity index (χ1v) is 9.69. The summed E-state index contributed by atoms with van der Waals surface area (Å²) in [6.07, 6.45) is 1.42. The molecular weight excluding hydrogens is 398 g/mol. The molecular formula is C22H15N5O2S. The maximum atomic E-state index is 13.2. The average molecular weight is 413 g/mol. The summed E-state index contributed by atoms with van der Waals surface area (Å²) in [6, 6.07) is 14.5. The molecule has 2 aromatic carbocycles. The standard InChI is InChI=1S/C22H15N5O2S/c1-12-7-16-21(30-12)26-11-27(22(16)28)18-8-14(9-23)20(25)17(10-24)19(18)13-3-5-15(29-2)6-4-13/h3-8,11H,25H2,1-2H3. The minimum atomic E-state index is -0.281. The highest BCUT2D eigenvalue weighted by molar-refractivity contribution is 7.18. The fraction of sp³-hybridized carbons (Fsp3) is 0.0909. The van der Waals surface area contributed by atoms with E-state index in [0.29, 0.717) is 32.8 Å². The highest BCUT2D eigenvalue weighted by atomic mass is 32.1. The van der Waals surface area contributed by atoms with Gasteiger partial charge in [0.05, 0.1) is 35.0 Å². The predicted molar refractivity (Wildman–Crippen MR) is 116 cm³/mol. The summed E-state index contributed by atoms with van der Waals surface area (Å²) >= 11 is 1.43. The second-order valence-electron chi connectivity index (χ2n) is 6.55. The summed E-state index contributed by atoms with van der Waals surface area (Å²) in [4.78, 5) is 19.2. The molecule has 30 heavy (non-hydrogen) atoms. The van der Waals surface area contributed by atoms with Crippen LogP contribution in [0.4, 0.5) is 5.69 Å². The van der Waals surface area contributed by atoms with Crippen molar-refractivity contribution in [2.75, 3.05) is 12.8 Å². The van der Waals surface area contributed by atoms with E-state index in [9.17, 15) is 15.3 Å². The molecule has 0 aliphatic rings. The summed E-state index contributed by atoms with van der Waals surface area (Å²) < 4.78 is 6.57. The van der Waals surface area contributed by atoms with Crippen molar-refractivity contribution < 1.29 is 4.74 Å². The quantitative estimate of drug-likeness (QED) is 0.511. The zero-order valence-corrected chi connectivity index (χ0v) is 16.9. The summed E-state index contributed by atoms with van der Waals surface area (Å²) in [5.41, 5.74) is 7.62. The van der Waals surface area contributed by atoms with Crippen LogP contribution in [0, 0.1) is 29.6 Å². The summed E-state index contributed by atoms with van der Waals surface area (Å²) in [5.74, 6) is 0.648. The fourth-order valence-corrected chi connectivity index (χ4v) is 4.19. The molecule has 0 aliphatic carbocycles. The van der Waals surface area contributed by atoms with E-state index in [4.69, 9.17) is 10.5 Å². The molecule has 2 heterocycles. The van der Waals surface area contributed by atoms with Crippen molar-refractivity contribution >= 4 is 27.2 Å². The van der Waals surface area contributed by atoms with Crippen LogP contribution in [0.1, 0.15) is 16.0 Å². The normalized spacial score (nSPS) is 10.5. The van der Waals surface area contributed by atoms with Gasteiger partial charge in [-0.05, 0) is 36.8 Å². The molecule has 0 radical (unpaired) electrons. The number of nitrogens with zero attached hydrogens (tertiary/aromatic N) is 4. The molecule has 0 saturated heterocycles. The van der Waals surface area contributed by atoms with Gasteiger partial charge in [-0.15, -0.1) is 11.3 Å². The molecule has 0 amide bonds. The maximum absolute atomic E-state index is 13.2. The van der Waals surface area contributed by atoms with Crippen molar-refractivity contribution in [2.24, 2.45) is 0 Å². The van der Waals surface area contributed by atoms with Gasteiger partial charge in [0.25, 0.3) is 5.56 Å². The van der Waals surface area contributed by atoms with Crippen molar-refractivity contribution in [2.45, 2.75) is 6.92 Å². The molecule has 0 fully saturated rings. The molecule has 146 valence electrons. The van der Waals surface area contributed by atoms with Gasteiger partial charge in [-0.25, -0.2) is 4.98 Å². The predicted octanol–water partition coefficient (Wildman–Crippen LogP) is 3.76. The number of rotatable bonds is 3. The van der Waals surface area contributed by atoms with Gasteiger partial charge in [0.2, 0.25) is 0 Å².